The molecule has 2 fully saturated rings. The molecule has 0 unspecified atom stereocenters. The molecule has 0 aliphatic carbocycles. The Bertz CT molecular complexity index is 733. The molecule has 3 heterocycles. The van der Waals surface area contributed by atoms with Crippen LogP contribution in [0.5, 0.6) is 0 Å². The van der Waals surface area contributed by atoms with Crippen LogP contribution in [-0.4, -0.2) is 47.2 Å². The summed E-state index contributed by atoms with van der Waals surface area (Å²) in [6, 6.07) is 14.5. The molecule has 2 aliphatic heterocycles. The summed E-state index contributed by atoms with van der Waals surface area (Å²) in [5, 5.41) is 8.59. The molecule has 2 saturated heterocycles. The van der Waals surface area contributed by atoms with E-state index in [1.165, 1.54) is 24.8 Å². The monoisotopic (exact) mass is 364 g/mol. The van der Waals surface area contributed by atoms with E-state index in [2.05, 4.69) is 45.4 Å². The van der Waals surface area contributed by atoms with E-state index >= 15 is 0 Å². The van der Waals surface area contributed by atoms with Gasteiger partial charge >= 0.3 is 0 Å². The molecule has 0 radical (unpaired) electrons. The molecule has 1 aromatic carbocycles. The summed E-state index contributed by atoms with van der Waals surface area (Å²) < 4.78 is 0. The van der Waals surface area contributed by atoms with Gasteiger partial charge in [0, 0.05) is 26.2 Å². The molecule has 2 aliphatic rings. The number of carbonyl (C=O) groups is 1. The van der Waals surface area contributed by atoms with Gasteiger partial charge in [0.05, 0.1) is 0 Å². The lowest BCUT2D eigenvalue weighted by molar-refractivity contribution is 0.0717. The van der Waals surface area contributed by atoms with Gasteiger partial charge in [-0.25, -0.2) is 0 Å². The van der Waals surface area contributed by atoms with E-state index in [0.29, 0.717) is 5.69 Å². The van der Waals surface area contributed by atoms with Crippen molar-refractivity contribution < 1.29 is 4.79 Å². The van der Waals surface area contributed by atoms with Crippen LogP contribution in [0.3, 0.4) is 0 Å². The van der Waals surface area contributed by atoms with Crippen molar-refractivity contribution in [3.63, 3.8) is 0 Å². The zero-order valence-corrected chi connectivity index (χ0v) is 15.9. The Morgan fingerprint density at radius 3 is 2.30 bits per heavy atom. The first-order valence-electron chi connectivity index (χ1n) is 10.2. The fourth-order valence-corrected chi connectivity index (χ4v) is 4.18. The van der Waals surface area contributed by atoms with E-state index in [1.807, 2.05) is 17.0 Å². The summed E-state index contributed by atoms with van der Waals surface area (Å²) in [6.45, 7) is 3.70. The van der Waals surface area contributed by atoms with Crippen molar-refractivity contribution in [3.05, 3.63) is 53.7 Å². The van der Waals surface area contributed by atoms with Gasteiger partial charge in [-0.05, 0) is 62.1 Å². The van der Waals surface area contributed by atoms with Gasteiger partial charge in [-0.15, -0.1) is 10.2 Å². The van der Waals surface area contributed by atoms with Gasteiger partial charge in [0.2, 0.25) is 0 Å². The maximum Gasteiger partial charge on any atom is 0.274 e. The first-order chi connectivity index (χ1) is 13.3. The smallest absolute Gasteiger partial charge is 0.274 e. The zero-order chi connectivity index (χ0) is 18.5. The molecule has 1 aromatic heterocycles. The molecule has 27 heavy (non-hydrogen) atoms. The Balaban J connectivity index is 1.31. The Hall–Kier alpha value is -2.43. The first-order valence-corrected chi connectivity index (χ1v) is 10.2. The number of hydrogen-bond donors (Lipinski definition) is 0. The predicted octanol–water partition coefficient (Wildman–Crippen LogP) is 3.56. The van der Waals surface area contributed by atoms with Crippen molar-refractivity contribution in [2.75, 3.05) is 31.1 Å². The normalized spacial score (nSPS) is 18.5. The number of piperidine rings is 2. The summed E-state index contributed by atoms with van der Waals surface area (Å²) in [5.41, 5.74) is 1.90. The quantitative estimate of drug-likeness (QED) is 0.832. The third-order valence-electron chi connectivity index (χ3n) is 5.82. The highest BCUT2D eigenvalue weighted by Crippen LogP contribution is 2.24. The van der Waals surface area contributed by atoms with Gasteiger partial charge < -0.3 is 9.80 Å². The third-order valence-corrected chi connectivity index (χ3v) is 5.82. The summed E-state index contributed by atoms with van der Waals surface area (Å²) in [7, 11) is 0. The Labute approximate surface area is 161 Å². The minimum atomic E-state index is 0.0234. The number of amides is 1. The van der Waals surface area contributed by atoms with Crippen molar-refractivity contribution >= 4 is 11.7 Å². The summed E-state index contributed by atoms with van der Waals surface area (Å²) in [4.78, 5) is 16.7. The highest BCUT2D eigenvalue weighted by Gasteiger charge is 2.22. The molecule has 0 saturated carbocycles. The molecule has 0 atom stereocenters. The van der Waals surface area contributed by atoms with Crippen LogP contribution in [-0.2, 0) is 6.42 Å². The van der Waals surface area contributed by atoms with Gasteiger partial charge in [-0.1, -0.05) is 30.3 Å². The minimum absolute atomic E-state index is 0.0234. The second kappa shape index (κ2) is 8.51. The van der Waals surface area contributed by atoms with Crippen LogP contribution in [0.2, 0.25) is 0 Å². The van der Waals surface area contributed by atoms with E-state index in [-0.39, 0.29) is 5.91 Å². The highest BCUT2D eigenvalue weighted by molar-refractivity contribution is 5.92. The van der Waals surface area contributed by atoms with Crippen LogP contribution in [0, 0.1) is 5.92 Å². The standard InChI is InChI=1S/C22H28N4O/c27-22(26-13-5-2-6-14-26)20-9-10-21(24-23-20)25-15-11-19(12-16-25)17-18-7-3-1-4-8-18/h1,3-4,7-10,19H,2,5-6,11-17H2. The number of nitrogens with zero attached hydrogens (tertiary/aromatic N) is 4. The minimum Gasteiger partial charge on any atom is -0.355 e. The number of aromatic nitrogens is 2. The van der Waals surface area contributed by atoms with E-state index in [4.69, 9.17) is 0 Å². The molecule has 1 amide bonds. The molecule has 0 spiro atoms. The van der Waals surface area contributed by atoms with Crippen molar-refractivity contribution in [3.8, 4) is 0 Å². The van der Waals surface area contributed by atoms with Crippen LogP contribution in [0.4, 0.5) is 5.82 Å². The SMILES string of the molecule is O=C(c1ccc(N2CCC(Cc3ccccc3)CC2)nn1)N1CCCCC1. The Morgan fingerprint density at radius 1 is 0.889 bits per heavy atom. The number of rotatable bonds is 4. The molecule has 2 aromatic rings. The average Bonchev–Trinajstić information content (AvgIpc) is 2.75. The summed E-state index contributed by atoms with van der Waals surface area (Å²) in [6.07, 6.45) is 6.90. The van der Waals surface area contributed by atoms with Crippen LogP contribution >= 0.6 is 0 Å². The maximum atomic E-state index is 12.5. The number of carbonyl (C=O) groups excluding carboxylic acids is 1. The van der Waals surface area contributed by atoms with Crippen molar-refractivity contribution in [1.82, 2.24) is 15.1 Å². The lowest BCUT2D eigenvalue weighted by Gasteiger charge is -2.32. The maximum absolute atomic E-state index is 12.5. The topological polar surface area (TPSA) is 49.3 Å². The van der Waals surface area contributed by atoms with E-state index in [0.717, 1.165) is 57.2 Å². The second-order valence-corrected chi connectivity index (χ2v) is 7.75. The van der Waals surface area contributed by atoms with Crippen LogP contribution in [0.15, 0.2) is 42.5 Å². The third kappa shape index (κ3) is 4.46. The van der Waals surface area contributed by atoms with Crippen molar-refractivity contribution in [2.24, 2.45) is 5.92 Å². The largest absolute Gasteiger partial charge is 0.355 e. The van der Waals surface area contributed by atoms with E-state index in [9.17, 15) is 4.79 Å². The van der Waals surface area contributed by atoms with Crippen LogP contribution in [0.25, 0.3) is 0 Å². The summed E-state index contributed by atoms with van der Waals surface area (Å²) in [5.74, 6) is 1.65. The fraction of sp³-hybridized carbons (Fsp3) is 0.500. The molecular weight excluding hydrogens is 336 g/mol. The Morgan fingerprint density at radius 2 is 1.63 bits per heavy atom. The number of likely N-dealkylation sites (tertiary alicyclic amines) is 1. The Kier molecular flexibility index (Phi) is 5.66. The lowest BCUT2D eigenvalue weighted by atomic mass is 9.90. The lowest BCUT2D eigenvalue weighted by Crippen LogP contribution is -2.37. The van der Waals surface area contributed by atoms with Crippen LogP contribution in [0.1, 0.15) is 48.2 Å². The molecule has 0 bridgehead atoms. The predicted molar refractivity (Wildman–Crippen MR) is 107 cm³/mol. The first kappa shape index (κ1) is 18.0. The fourth-order valence-electron chi connectivity index (χ4n) is 4.18. The van der Waals surface area contributed by atoms with Gasteiger partial charge in [0.25, 0.3) is 5.91 Å². The molecular formula is C22H28N4O. The second-order valence-electron chi connectivity index (χ2n) is 7.75. The highest BCUT2D eigenvalue weighted by atomic mass is 16.2. The molecule has 0 N–H and O–H groups in total. The van der Waals surface area contributed by atoms with Gasteiger partial charge in [0.1, 0.15) is 0 Å². The molecule has 4 rings (SSSR count). The van der Waals surface area contributed by atoms with E-state index < -0.39 is 0 Å². The average molecular weight is 364 g/mol. The van der Waals surface area contributed by atoms with Gasteiger partial charge in [0.15, 0.2) is 11.5 Å². The summed E-state index contributed by atoms with van der Waals surface area (Å²) >= 11 is 0. The molecule has 5 nitrogen and oxygen atoms in total. The number of benzene rings is 1. The van der Waals surface area contributed by atoms with Crippen LogP contribution < -0.4 is 4.90 Å². The van der Waals surface area contributed by atoms with E-state index in [1.54, 1.807) is 0 Å². The van der Waals surface area contributed by atoms with Gasteiger partial charge in [-0.3, -0.25) is 4.79 Å². The van der Waals surface area contributed by atoms with Crippen molar-refractivity contribution in [2.45, 2.75) is 38.5 Å². The molecule has 142 valence electrons. The number of hydrogen-bond acceptors (Lipinski definition) is 4. The zero-order valence-electron chi connectivity index (χ0n) is 15.9. The molecule has 5 heteroatoms. The van der Waals surface area contributed by atoms with Gasteiger partial charge in [-0.2, -0.15) is 0 Å². The number of anilines is 1. The van der Waals surface area contributed by atoms with Crippen molar-refractivity contribution in [1.29, 1.82) is 0 Å².